The Kier molecular flexibility index (Phi) is 13.5. The second kappa shape index (κ2) is 13.7. The lowest BCUT2D eigenvalue weighted by Crippen LogP contribution is -2.29. The number of ether oxygens (including phenoxy) is 2. The second-order valence-corrected chi connectivity index (χ2v) is 6.70. The van der Waals surface area contributed by atoms with Gasteiger partial charge < -0.3 is 14.8 Å². The van der Waals surface area contributed by atoms with Gasteiger partial charge in [0.15, 0.2) is 0 Å². The zero-order valence-electron chi connectivity index (χ0n) is 13.4. The smallest absolute Gasteiger partial charge is 0.230 e. The van der Waals surface area contributed by atoms with Gasteiger partial charge in [-0.2, -0.15) is 11.8 Å². The number of hydrogen-bond acceptors (Lipinski definition) is 4. The summed E-state index contributed by atoms with van der Waals surface area (Å²) in [5.41, 5.74) is 0. The predicted molar refractivity (Wildman–Crippen MR) is 86.3 cm³/mol. The van der Waals surface area contributed by atoms with Crippen LogP contribution in [0.5, 0.6) is 0 Å². The molecule has 120 valence electrons. The second-order valence-electron chi connectivity index (χ2n) is 5.67. The topological polar surface area (TPSA) is 47.6 Å². The number of amides is 1. The highest BCUT2D eigenvalue weighted by Gasteiger charge is 2.02. The summed E-state index contributed by atoms with van der Waals surface area (Å²) in [4.78, 5) is 11.5. The van der Waals surface area contributed by atoms with Gasteiger partial charge in [0.1, 0.15) is 0 Å². The fourth-order valence-corrected chi connectivity index (χ4v) is 2.22. The fourth-order valence-electron chi connectivity index (χ4n) is 1.34. The standard InChI is InChI=1S/C15H31NO3S/c1-13(2)5-7-18-9-10-19-8-6-16-15(17)12-20-11-14(3)4/h13-14H,5-12H2,1-4H3,(H,16,17). The SMILES string of the molecule is CC(C)CCOCCOCCNC(=O)CSCC(C)C. The molecule has 1 N–H and O–H groups in total. The normalized spacial score (nSPS) is 11.3. The Morgan fingerprint density at radius 2 is 1.65 bits per heavy atom. The molecule has 0 aromatic rings. The lowest BCUT2D eigenvalue weighted by molar-refractivity contribution is -0.118. The van der Waals surface area contributed by atoms with E-state index in [-0.39, 0.29) is 5.91 Å². The van der Waals surface area contributed by atoms with Crippen LogP contribution in [0.1, 0.15) is 34.1 Å². The van der Waals surface area contributed by atoms with Crippen LogP contribution in [0.3, 0.4) is 0 Å². The number of thioether (sulfide) groups is 1. The van der Waals surface area contributed by atoms with Crippen LogP contribution in [0, 0.1) is 11.8 Å². The van der Waals surface area contributed by atoms with E-state index in [0.29, 0.717) is 44.0 Å². The van der Waals surface area contributed by atoms with E-state index in [9.17, 15) is 4.79 Å². The van der Waals surface area contributed by atoms with Crippen molar-refractivity contribution >= 4 is 17.7 Å². The molecule has 0 saturated heterocycles. The van der Waals surface area contributed by atoms with Crippen molar-refractivity contribution in [3.8, 4) is 0 Å². The van der Waals surface area contributed by atoms with Gasteiger partial charge in [0, 0.05) is 13.2 Å². The summed E-state index contributed by atoms with van der Waals surface area (Å²) in [6.07, 6.45) is 1.09. The van der Waals surface area contributed by atoms with Gasteiger partial charge in [-0.25, -0.2) is 0 Å². The number of rotatable bonds is 13. The van der Waals surface area contributed by atoms with Crippen LogP contribution in [0.2, 0.25) is 0 Å². The maximum absolute atomic E-state index is 11.5. The first-order valence-electron chi connectivity index (χ1n) is 7.52. The fraction of sp³-hybridized carbons (Fsp3) is 0.933. The van der Waals surface area contributed by atoms with E-state index in [1.165, 1.54) is 0 Å². The van der Waals surface area contributed by atoms with Gasteiger partial charge in [0.05, 0.1) is 25.6 Å². The van der Waals surface area contributed by atoms with E-state index in [0.717, 1.165) is 18.8 Å². The third kappa shape index (κ3) is 15.8. The summed E-state index contributed by atoms with van der Waals surface area (Å²) in [5.74, 6) is 2.97. The molecule has 4 nitrogen and oxygen atoms in total. The first kappa shape index (κ1) is 19.7. The first-order valence-corrected chi connectivity index (χ1v) is 8.67. The molecule has 0 unspecified atom stereocenters. The minimum absolute atomic E-state index is 0.0902. The van der Waals surface area contributed by atoms with Gasteiger partial charge in [0.2, 0.25) is 5.91 Å². The molecule has 0 rings (SSSR count). The van der Waals surface area contributed by atoms with E-state index < -0.39 is 0 Å². The Morgan fingerprint density at radius 3 is 2.25 bits per heavy atom. The van der Waals surface area contributed by atoms with Crippen molar-refractivity contribution < 1.29 is 14.3 Å². The molecule has 0 atom stereocenters. The van der Waals surface area contributed by atoms with E-state index in [4.69, 9.17) is 9.47 Å². The lowest BCUT2D eigenvalue weighted by Gasteiger charge is -2.08. The van der Waals surface area contributed by atoms with Crippen molar-refractivity contribution in [2.75, 3.05) is 44.5 Å². The molecule has 5 heteroatoms. The van der Waals surface area contributed by atoms with Gasteiger partial charge in [0.25, 0.3) is 0 Å². The highest BCUT2D eigenvalue weighted by Crippen LogP contribution is 2.06. The van der Waals surface area contributed by atoms with E-state index >= 15 is 0 Å². The summed E-state index contributed by atoms with van der Waals surface area (Å²) >= 11 is 1.68. The average molecular weight is 305 g/mol. The van der Waals surface area contributed by atoms with Crippen LogP contribution < -0.4 is 5.32 Å². The van der Waals surface area contributed by atoms with Gasteiger partial charge in [-0.3, -0.25) is 4.79 Å². The summed E-state index contributed by atoms with van der Waals surface area (Å²) in [6, 6.07) is 0. The molecule has 20 heavy (non-hydrogen) atoms. The van der Waals surface area contributed by atoms with Crippen molar-refractivity contribution in [2.45, 2.75) is 34.1 Å². The molecule has 0 fully saturated rings. The Balaban J connectivity index is 3.17. The van der Waals surface area contributed by atoms with Crippen molar-refractivity contribution in [1.29, 1.82) is 0 Å². The zero-order chi connectivity index (χ0) is 15.2. The van der Waals surface area contributed by atoms with Crippen LogP contribution in [0.4, 0.5) is 0 Å². The Labute approximate surface area is 128 Å². The van der Waals surface area contributed by atoms with Gasteiger partial charge >= 0.3 is 0 Å². The van der Waals surface area contributed by atoms with Crippen LogP contribution >= 0.6 is 11.8 Å². The minimum atomic E-state index is 0.0902. The first-order chi connectivity index (χ1) is 9.52. The molecule has 0 aliphatic carbocycles. The summed E-state index contributed by atoms with van der Waals surface area (Å²) in [5, 5.41) is 2.85. The third-order valence-corrected chi connectivity index (χ3v) is 3.83. The van der Waals surface area contributed by atoms with Crippen LogP contribution in [0.15, 0.2) is 0 Å². The van der Waals surface area contributed by atoms with Crippen molar-refractivity contribution in [3.63, 3.8) is 0 Å². The number of nitrogens with one attached hydrogen (secondary N) is 1. The molecule has 0 spiro atoms. The summed E-state index contributed by atoms with van der Waals surface area (Å²) in [6.45, 7) is 11.8. The van der Waals surface area contributed by atoms with Crippen molar-refractivity contribution in [1.82, 2.24) is 5.32 Å². The van der Waals surface area contributed by atoms with Gasteiger partial charge in [-0.05, 0) is 24.0 Å². The highest BCUT2D eigenvalue weighted by atomic mass is 32.2. The largest absolute Gasteiger partial charge is 0.379 e. The van der Waals surface area contributed by atoms with Crippen LogP contribution in [0.25, 0.3) is 0 Å². The molecule has 0 aromatic heterocycles. The molecule has 0 heterocycles. The molecule has 0 radical (unpaired) electrons. The zero-order valence-corrected chi connectivity index (χ0v) is 14.3. The maximum atomic E-state index is 11.5. The summed E-state index contributed by atoms with van der Waals surface area (Å²) < 4.78 is 10.8. The Morgan fingerprint density at radius 1 is 1.00 bits per heavy atom. The summed E-state index contributed by atoms with van der Waals surface area (Å²) in [7, 11) is 0. The van der Waals surface area contributed by atoms with E-state index in [1.54, 1.807) is 11.8 Å². The molecule has 0 bridgehead atoms. The Bertz CT molecular complexity index is 235. The van der Waals surface area contributed by atoms with Gasteiger partial charge in [-0.15, -0.1) is 0 Å². The van der Waals surface area contributed by atoms with E-state index in [2.05, 4.69) is 33.0 Å². The monoisotopic (exact) mass is 305 g/mol. The number of carbonyl (C=O) groups is 1. The van der Waals surface area contributed by atoms with Crippen LogP contribution in [-0.4, -0.2) is 50.4 Å². The van der Waals surface area contributed by atoms with Crippen LogP contribution in [-0.2, 0) is 14.3 Å². The Hall–Kier alpha value is -0.260. The molecule has 1 amide bonds. The van der Waals surface area contributed by atoms with E-state index in [1.807, 2.05) is 0 Å². The number of carbonyl (C=O) groups excluding carboxylic acids is 1. The molecule has 0 aromatic carbocycles. The highest BCUT2D eigenvalue weighted by molar-refractivity contribution is 7.99. The van der Waals surface area contributed by atoms with Gasteiger partial charge in [-0.1, -0.05) is 27.7 Å². The van der Waals surface area contributed by atoms with Crippen molar-refractivity contribution in [3.05, 3.63) is 0 Å². The quantitative estimate of drug-likeness (QED) is 0.531. The molecule has 0 aliphatic rings. The molecular formula is C15H31NO3S. The minimum Gasteiger partial charge on any atom is -0.379 e. The molecule has 0 saturated carbocycles. The average Bonchev–Trinajstić information content (AvgIpc) is 2.36. The number of hydrogen-bond donors (Lipinski definition) is 1. The van der Waals surface area contributed by atoms with Crippen molar-refractivity contribution in [2.24, 2.45) is 11.8 Å². The predicted octanol–water partition coefficient (Wildman–Crippen LogP) is 2.57. The molecular weight excluding hydrogens is 274 g/mol. The lowest BCUT2D eigenvalue weighted by atomic mass is 10.1. The molecule has 0 aliphatic heterocycles. The third-order valence-electron chi connectivity index (χ3n) is 2.46. The maximum Gasteiger partial charge on any atom is 0.230 e.